The van der Waals surface area contributed by atoms with E-state index >= 15 is 0 Å². The standard InChI is InChI=1S/C19H24N4O2/c20-17-8-4-7-16(19(24)25)18(17)21-9-10-22-11-13-23(14-12-22)15-5-2-1-3-6-15/h1-8,21H,9-14,20H2,(H,24,25). The number of carboxylic acid groups (broad SMARTS) is 1. The average molecular weight is 340 g/mol. The van der Waals surface area contributed by atoms with Crippen LogP contribution in [0.25, 0.3) is 0 Å². The van der Waals surface area contributed by atoms with Gasteiger partial charge in [0.25, 0.3) is 0 Å². The van der Waals surface area contributed by atoms with E-state index in [4.69, 9.17) is 5.73 Å². The van der Waals surface area contributed by atoms with Gasteiger partial charge in [-0.25, -0.2) is 4.79 Å². The topological polar surface area (TPSA) is 81.8 Å². The van der Waals surface area contributed by atoms with E-state index in [1.54, 1.807) is 18.2 Å². The zero-order chi connectivity index (χ0) is 17.6. The number of nitrogens with one attached hydrogen (secondary N) is 1. The van der Waals surface area contributed by atoms with Crippen LogP contribution in [0.15, 0.2) is 48.5 Å². The number of carboxylic acids is 1. The van der Waals surface area contributed by atoms with E-state index in [9.17, 15) is 9.90 Å². The third-order valence-corrected chi connectivity index (χ3v) is 4.55. The number of piperazine rings is 1. The maximum atomic E-state index is 11.3. The van der Waals surface area contributed by atoms with Crippen molar-refractivity contribution < 1.29 is 9.90 Å². The fraction of sp³-hybridized carbons (Fsp3) is 0.316. The van der Waals surface area contributed by atoms with Crippen molar-refractivity contribution in [3.63, 3.8) is 0 Å². The molecule has 132 valence electrons. The van der Waals surface area contributed by atoms with Gasteiger partial charge in [0.15, 0.2) is 0 Å². The van der Waals surface area contributed by atoms with Gasteiger partial charge in [-0.1, -0.05) is 24.3 Å². The van der Waals surface area contributed by atoms with Gasteiger partial charge in [-0.3, -0.25) is 4.90 Å². The molecule has 6 heteroatoms. The number of anilines is 3. The lowest BCUT2D eigenvalue weighted by Crippen LogP contribution is -2.47. The van der Waals surface area contributed by atoms with E-state index in [2.05, 4.69) is 39.4 Å². The highest BCUT2D eigenvalue weighted by Gasteiger charge is 2.17. The number of benzene rings is 2. The molecule has 0 amide bonds. The highest BCUT2D eigenvalue weighted by Crippen LogP contribution is 2.23. The van der Waals surface area contributed by atoms with Gasteiger partial charge in [0.05, 0.1) is 16.9 Å². The molecule has 0 atom stereocenters. The number of aromatic carboxylic acids is 1. The van der Waals surface area contributed by atoms with E-state index in [-0.39, 0.29) is 5.56 Å². The molecule has 0 radical (unpaired) electrons. The van der Waals surface area contributed by atoms with Crippen LogP contribution in [-0.2, 0) is 0 Å². The molecule has 2 aromatic rings. The second-order valence-electron chi connectivity index (χ2n) is 6.17. The third kappa shape index (κ3) is 4.22. The van der Waals surface area contributed by atoms with Crippen LogP contribution in [0.5, 0.6) is 0 Å². The normalized spacial score (nSPS) is 15.1. The van der Waals surface area contributed by atoms with Crippen molar-refractivity contribution in [3.8, 4) is 0 Å². The average Bonchev–Trinajstić information content (AvgIpc) is 2.64. The first-order chi connectivity index (χ1) is 12.1. The third-order valence-electron chi connectivity index (χ3n) is 4.55. The second-order valence-corrected chi connectivity index (χ2v) is 6.17. The van der Waals surface area contributed by atoms with E-state index in [1.165, 1.54) is 5.69 Å². The molecular weight excluding hydrogens is 316 g/mol. The monoisotopic (exact) mass is 340 g/mol. The van der Waals surface area contributed by atoms with Gasteiger partial charge in [0.1, 0.15) is 0 Å². The molecule has 0 bridgehead atoms. The van der Waals surface area contributed by atoms with Gasteiger partial charge in [-0.05, 0) is 24.3 Å². The molecule has 0 aliphatic carbocycles. The van der Waals surface area contributed by atoms with Crippen molar-refractivity contribution in [1.29, 1.82) is 0 Å². The summed E-state index contributed by atoms with van der Waals surface area (Å²) < 4.78 is 0. The van der Waals surface area contributed by atoms with Crippen LogP contribution in [0.2, 0.25) is 0 Å². The van der Waals surface area contributed by atoms with Crippen LogP contribution < -0.4 is 16.0 Å². The quantitative estimate of drug-likeness (QED) is 0.700. The van der Waals surface area contributed by atoms with Crippen LogP contribution in [0.1, 0.15) is 10.4 Å². The number of hydrogen-bond acceptors (Lipinski definition) is 5. The smallest absolute Gasteiger partial charge is 0.337 e. The van der Waals surface area contributed by atoms with Gasteiger partial charge in [0, 0.05) is 45.0 Å². The maximum absolute atomic E-state index is 11.3. The number of nitrogen functional groups attached to an aromatic ring is 1. The summed E-state index contributed by atoms with van der Waals surface area (Å²) in [5.41, 5.74) is 8.38. The molecule has 4 N–H and O–H groups in total. The molecule has 1 saturated heterocycles. The molecular formula is C19H24N4O2. The highest BCUT2D eigenvalue weighted by atomic mass is 16.4. The molecule has 1 aliphatic heterocycles. The Hall–Kier alpha value is -2.73. The van der Waals surface area contributed by atoms with E-state index < -0.39 is 5.97 Å². The Morgan fingerprint density at radius 2 is 1.76 bits per heavy atom. The van der Waals surface area contributed by atoms with Gasteiger partial charge >= 0.3 is 5.97 Å². The van der Waals surface area contributed by atoms with Gasteiger partial charge in [-0.2, -0.15) is 0 Å². The second kappa shape index (κ2) is 7.90. The Morgan fingerprint density at radius 3 is 2.44 bits per heavy atom. The molecule has 1 heterocycles. The Morgan fingerprint density at radius 1 is 1.04 bits per heavy atom. The molecule has 0 spiro atoms. The predicted molar refractivity (Wildman–Crippen MR) is 101 cm³/mol. The molecule has 0 unspecified atom stereocenters. The summed E-state index contributed by atoms with van der Waals surface area (Å²) in [6.07, 6.45) is 0. The summed E-state index contributed by atoms with van der Waals surface area (Å²) in [4.78, 5) is 16.1. The zero-order valence-electron chi connectivity index (χ0n) is 14.2. The maximum Gasteiger partial charge on any atom is 0.337 e. The van der Waals surface area contributed by atoms with Crippen LogP contribution in [-0.4, -0.2) is 55.2 Å². The number of nitrogens with two attached hydrogens (primary N) is 1. The summed E-state index contributed by atoms with van der Waals surface area (Å²) in [6, 6.07) is 15.4. The Labute approximate surface area is 147 Å². The molecule has 0 aromatic heterocycles. The molecule has 25 heavy (non-hydrogen) atoms. The van der Waals surface area contributed by atoms with E-state index in [0.29, 0.717) is 17.9 Å². The van der Waals surface area contributed by atoms with Crippen molar-refractivity contribution in [3.05, 3.63) is 54.1 Å². The van der Waals surface area contributed by atoms with Crippen molar-refractivity contribution in [2.45, 2.75) is 0 Å². The van der Waals surface area contributed by atoms with Crippen molar-refractivity contribution in [2.75, 3.05) is 55.2 Å². The first kappa shape index (κ1) is 17.1. The minimum atomic E-state index is -0.966. The molecule has 0 saturated carbocycles. The van der Waals surface area contributed by atoms with Crippen LogP contribution >= 0.6 is 0 Å². The van der Waals surface area contributed by atoms with Gasteiger partial charge in [0.2, 0.25) is 0 Å². The predicted octanol–water partition coefficient (Wildman–Crippen LogP) is 2.20. The number of hydrogen-bond donors (Lipinski definition) is 3. The summed E-state index contributed by atoms with van der Waals surface area (Å²) in [5.74, 6) is -0.966. The number of carbonyl (C=O) groups is 1. The van der Waals surface area contributed by atoms with Gasteiger partial charge in [-0.15, -0.1) is 0 Å². The number of nitrogens with zero attached hydrogens (tertiary/aromatic N) is 2. The van der Waals surface area contributed by atoms with Gasteiger partial charge < -0.3 is 21.1 Å². The largest absolute Gasteiger partial charge is 0.478 e. The van der Waals surface area contributed by atoms with Crippen molar-refractivity contribution >= 4 is 23.0 Å². The summed E-state index contributed by atoms with van der Waals surface area (Å²) >= 11 is 0. The molecule has 6 nitrogen and oxygen atoms in total. The number of rotatable bonds is 6. The van der Waals surface area contributed by atoms with E-state index in [0.717, 1.165) is 32.7 Å². The summed E-state index contributed by atoms with van der Waals surface area (Å²) in [7, 11) is 0. The molecule has 3 rings (SSSR count). The Balaban J connectivity index is 1.49. The lowest BCUT2D eigenvalue weighted by Gasteiger charge is -2.36. The first-order valence-corrected chi connectivity index (χ1v) is 8.53. The minimum absolute atomic E-state index is 0.217. The minimum Gasteiger partial charge on any atom is -0.478 e. The molecule has 1 aliphatic rings. The molecule has 1 fully saturated rings. The lowest BCUT2D eigenvalue weighted by molar-refractivity contribution is 0.0698. The molecule has 2 aromatic carbocycles. The van der Waals surface area contributed by atoms with Crippen LogP contribution in [0.3, 0.4) is 0 Å². The first-order valence-electron chi connectivity index (χ1n) is 8.53. The zero-order valence-corrected chi connectivity index (χ0v) is 14.2. The van der Waals surface area contributed by atoms with Crippen LogP contribution in [0, 0.1) is 0 Å². The summed E-state index contributed by atoms with van der Waals surface area (Å²) in [6.45, 7) is 5.50. The highest BCUT2D eigenvalue weighted by molar-refractivity contribution is 5.97. The fourth-order valence-electron chi connectivity index (χ4n) is 3.15. The van der Waals surface area contributed by atoms with Crippen LogP contribution in [0.4, 0.5) is 17.1 Å². The summed E-state index contributed by atoms with van der Waals surface area (Å²) in [5, 5.41) is 12.5. The van der Waals surface area contributed by atoms with Crippen molar-refractivity contribution in [2.24, 2.45) is 0 Å². The van der Waals surface area contributed by atoms with Crippen molar-refractivity contribution in [1.82, 2.24) is 4.90 Å². The van der Waals surface area contributed by atoms with E-state index in [1.807, 2.05) is 6.07 Å². The lowest BCUT2D eigenvalue weighted by atomic mass is 10.1. The number of para-hydroxylation sites is 2. The SMILES string of the molecule is Nc1cccc(C(=O)O)c1NCCN1CCN(c2ccccc2)CC1. The Kier molecular flexibility index (Phi) is 5.40. The fourth-order valence-corrected chi connectivity index (χ4v) is 3.15. The Bertz CT molecular complexity index is 713.